The van der Waals surface area contributed by atoms with Crippen LogP contribution < -0.4 is 5.32 Å². The summed E-state index contributed by atoms with van der Waals surface area (Å²) in [6.07, 6.45) is 3.20. The predicted octanol–water partition coefficient (Wildman–Crippen LogP) is 2.14. The number of rotatable bonds is 5. The van der Waals surface area contributed by atoms with E-state index in [2.05, 4.69) is 12.2 Å². The van der Waals surface area contributed by atoms with Crippen molar-refractivity contribution in [3.63, 3.8) is 0 Å². The van der Waals surface area contributed by atoms with Gasteiger partial charge in [0.25, 0.3) is 0 Å². The molecular weight excluding hydrogens is 256 g/mol. The third kappa shape index (κ3) is 6.09. The van der Waals surface area contributed by atoms with E-state index < -0.39 is 11.2 Å². The van der Waals surface area contributed by atoms with Crippen molar-refractivity contribution in [1.29, 1.82) is 0 Å². The van der Waals surface area contributed by atoms with Crippen LogP contribution in [0.1, 0.15) is 53.4 Å². The number of aliphatic hydroxyl groups is 1. The van der Waals surface area contributed by atoms with Crippen LogP contribution in [0.5, 0.6) is 0 Å². The molecule has 20 heavy (non-hydrogen) atoms. The zero-order chi connectivity index (χ0) is 15.2. The van der Waals surface area contributed by atoms with Gasteiger partial charge in [-0.25, -0.2) is 4.79 Å². The van der Waals surface area contributed by atoms with Gasteiger partial charge in [0, 0.05) is 19.6 Å². The first kappa shape index (κ1) is 17.2. The van der Waals surface area contributed by atoms with E-state index in [1.165, 1.54) is 0 Å². The molecule has 0 aromatic carbocycles. The Hall–Kier alpha value is -0.810. The van der Waals surface area contributed by atoms with Crippen LogP contribution in [0.2, 0.25) is 0 Å². The van der Waals surface area contributed by atoms with Gasteiger partial charge in [-0.1, -0.05) is 13.3 Å². The summed E-state index contributed by atoms with van der Waals surface area (Å²) >= 11 is 0. The molecule has 5 heteroatoms. The molecule has 118 valence electrons. The lowest BCUT2D eigenvalue weighted by molar-refractivity contribution is -0.0308. The van der Waals surface area contributed by atoms with Crippen molar-refractivity contribution in [1.82, 2.24) is 10.2 Å². The largest absolute Gasteiger partial charge is 0.444 e. The van der Waals surface area contributed by atoms with Crippen molar-refractivity contribution in [2.75, 3.05) is 26.2 Å². The Morgan fingerprint density at radius 2 is 1.95 bits per heavy atom. The molecule has 0 bridgehead atoms. The summed E-state index contributed by atoms with van der Waals surface area (Å²) in [5.74, 6) is 0. The predicted molar refractivity (Wildman–Crippen MR) is 79.8 cm³/mol. The number of amides is 1. The molecule has 0 aromatic heterocycles. The molecule has 1 heterocycles. The molecule has 0 radical (unpaired) electrons. The van der Waals surface area contributed by atoms with Crippen LogP contribution in [0.25, 0.3) is 0 Å². The number of piperidine rings is 1. The van der Waals surface area contributed by atoms with Crippen LogP contribution in [0, 0.1) is 0 Å². The fourth-order valence-electron chi connectivity index (χ4n) is 2.23. The topological polar surface area (TPSA) is 61.8 Å². The maximum Gasteiger partial charge on any atom is 0.410 e. The number of likely N-dealkylation sites (tertiary alicyclic amines) is 1. The molecule has 1 aliphatic heterocycles. The Kier molecular flexibility index (Phi) is 6.27. The second-order valence-corrected chi connectivity index (χ2v) is 6.72. The first-order valence-corrected chi connectivity index (χ1v) is 7.67. The second-order valence-electron chi connectivity index (χ2n) is 6.72. The molecule has 1 fully saturated rings. The molecule has 0 saturated carbocycles. The molecule has 2 N–H and O–H groups in total. The second kappa shape index (κ2) is 7.27. The summed E-state index contributed by atoms with van der Waals surface area (Å²) in [5, 5.41) is 13.8. The number of nitrogens with zero attached hydrogens (tertiary/aromatic N) is 1. The van der Waals surface area contributed by atoms with Gasteiger partial charge in [-0.15, -0.1) is 0 Å². The van der Waals surface area contributed by atoms with E-state index in [-0.39, 0.29) is 6.09 Å². The Bertz CT molecular complexity index is 305. The minimum Gasteiger partial charge on any atom is -0.444 e. The first-order valence-electron chi connectivity index (χ1n) is 7.67. The van der Waals surface area contributed by atoms with Crippen LogP contribution >= 0.6 is 0 Å². The lowest BCUT2D eigenvalue weighted by Gasteiger charge is -2.38. The minimum absolute atomic E-state index is 0.279. The van der Waals surface area contributed by atoms with Crippen molar-refractivity contribution < 1.29 is 14.6 Å². The van der Waals surface area contributed by atoms with Gasteiger partial charge in [-0.05, 0) is 46.6 Å². The normalized spacial score (nSPS) is 18.9. The molecule has 0 atom stereocenters. The summed E-state index contributed by atoms with van der Waals surface area (Å²) in [7, 11) is 0. The lowest BCUT2D eigenvalue weighted by atomic mass is 9.91. The number of hydrogen-bond donors (Lipinski definition) is 2. The fourth-order valence-corrected chi connectivity index (χ4v) is 2.23. The van der Waals surface area contributed by atoms with Crippen LogP contribution in [0.3, 0.4) is 0 Å². The van der Waals surface area contributed by atoms with E-state index in [4.69, 9.17) is 4.74 Å². The van der Waals surface area contributed by atoms with Crippen molar-refractivity contribution in [2.45, 2.75) is 64.6 Å². The smallest absolute Gasteiger partial charge is 0.410 e. The zero-order valence-electron chi connectivity index (χ0n) is 13.4. The monoisotopic (exact) mass is 286 g/mol. The quantitative estimate of drug-likeness (QED) is 0.760. The minimum atomic E-state index is -0.688. The van der Waals surface area contributed by atoms with Gasteiger partial charge in [0.1, 0.15) is 5.60 Å². The average molecular weight is 286 g/mol. The number of nitrogens with one attached hydrogen (secondary N) is 1. The Labute approximate surface area is 122 Å². The molecular formula is C15H30N2O3. The van der Waals surface area contributed by atoms with Gasteiger partial charge in [-0.3, -0.25) is 0 Å². The van der Waals surface area contributed by atoms with Crippen LogP contribution in [0.4, 0.5) is 4.79 Å². The lowest BCUT2D eigenvalue weighted by Crippen LogP contribution is -2.52. The SMILES string of the molecule is CCCCNCC1(O)CCN(C(=O)OC(C)(C)C)CC1. The van der Waals surface area contributed by atoms with Crippen molar-refractivity contribution in [3.05, 3.63) is 0 Å². The molecule has 1 saturated heterocycles. The van der Waals surface area contributed by atoms with Gasteiger partial charge < -0.3 is 20.1 Å². The molecule has 5 nitrogen and oxygen atoms in total. The standard InChI is InChI=1S/C15H30N2O3/c1-5-6-9-16-12-15(19)7-10-17(11-8-15)13(18)20-14(2,3)4/h16,19H,5-12H2,1-4H3. The molecule has 0 unspecified atom stereocenters. The van der Waals surface area contributed by atoms with Gasteiger partial charge in [0.15, 0.2) is 0 Å². The van der Waals surface area contributed by atoms with E-state index in [1.807, 2.05) is 20.8 Å². The number of carbonyl (C=O) groups excluding carboxylic acids is 1. The summed E-state index contributed by atoms with van der Waals surface area (Å²) in [6, 6.07) is 0. The highest BCUT2D eigenvalue weighted by Crippen LogP contribution is 2.23. The highest BCUT2D eigenvalue weighted by Gasteiger charge is 2.34. The van der Waals surface area contributed by atoms with Gasteiger partial charge in [0.05, 0.1) is 5.60 Å². The first-order chi connectivity index (χ1) is 9.26. The highest BCUT2D eigenvalue weighted by atomic mass is 16.6. The Morgan fingerprint density at radius 1 is 1.35 bits per heavy atom. The number of ether oxygens (including phenoxy) is 1. The number of unbranched alkanes of at least 4 members (excludes halogenated alkanes) is 1. The maximum absolute atomic E-state index is 11.9. The molecule has 0 aromatic rings. The molecule has 0 aliphatic carbocycles. The summed E-state index contributed by atoms with van der Waals surface area (Å²) < 4.78 is 5.35. The molecule has 1 rings (SSSR count). The van der Waals surface area contributed by atoms with E-state index in [0.717, 1.165) is 19.4 Å². The van der Waals surface area contributed by atoms with Crippen LogP contribution in [-0.4, -0.2) is 53.5 Å². The van der Waals surface area contributed by atoms with Gasteiger partial charge in [0.2, 0.25) is 0 Å². The molecule has 1 aliphatic rings. The van der Waals surface area contributed by atoms with Crippen LogP contribution in [0.15, 0.2) is 0 Å². The summed E-state index contributed by atoms with van der Waals surface area (Å²) in [6.45, 7) is 10.4. The van der Waals surface area contributed by atoms with E-state index in [9.17, 15) is 9.90 Å². The number of carbonyl (C=O) groups is 1. The third-order valence-electron chi connectivity index (χ3n) is 3.51. The van der Waals surface area contributed by atoms with Gasteiger partial charge in [-0.2, -0.15) is 0 Å². The van der Waals surface area contributed by atoms with E-state index >= 15 is 0 Å². The zero-order valence-corrected chi connectivity index (χ0v) is 13.4. The van der Waals surface area contributed by atoms with Crippen molar-refractivity contribution in [2.24, 2.45) is 0 Å². The maximum atomic E-state index is 11.9. The summed E-state index contributed by atoms with van der Waals surface area (Å²) in [5.41, 5.74) is -1.15. The van der Waals surface area contributed by atoms with E-state index in [0.29, 0.717) is 32.5 Å². The fraction of sp³-hybridized carbons (Fsp3) is 0.933. The average Bonchev–Trinajstić information content (AvgIpc) is 2.33. The van der Waals surface area contributed by atoms with Crippen LogP contribution in [-0.2, 0) is 4.74 Å². The highest BCUT2D eigenvalue weighted by molar-refractivity contribution is 5.68. The number of hydrogen-bond acceptors (Lipinski definition) is 4. The third-order valence-corrected chi connectivity index (χ3v) is 3.51. The van der Waals surface area contributed by atoms with E-state index in [1.54, 1.807) is 4.90 Å². The van der Waals surface area contributed by atoms with Gasteiger partial charge >= 0.3 is 6.09 Å². The Balaban J connectivity index is 2.33. The summed E-state index contributed by atoms with van der Waals surface area (Å²) in [4.78, 5) is 13.6. The molecule has 0 spiro atoms. The molecule has 1 amide bonds. The van der Waals surface area contributed by atoms with Crippen molar-refractivity contribution in [3.8, 4) is 0 Å². The van der Waals surface area contributed by atoms with Crippen molar-refractivity contribution >= 4 is 6.09 Å². The Morgan fingerprint density at radius 3 is 2.45 bits per heavy atom.